The Morgan fingerprint density at radius 2 is 2.00 bits per heavy atom. The molecule has 4 nitrogen and oxygen atoms in total. The van der Waals surface area contributed by atoms with E-state index in [1.165, 1.54) is 0 Å². The highest BCUT2D eigenvalue weighted by Crippen LogP contribution is 2.22. The lowest BCUT2D eigenvalue weighted by molar-refractivity contribution is -0.120. The third kappa shape index (κ3) is 3.89. The van der Waals surface area contributed by atoms with Gasteiger partial charge in [0, 0.05) is 16.7 Å². The Bertz CT molecular complexity index is 631. The molecule has 0 aliphatic heterocycles. The van der Waals surface area contributed by atoms with Crippen molar-refractivity contribution in [3.05, 3.63) is 58.2 Å². The number of hydrogen-bond acceptors (Lipinski definition) is 3. The zero-order valence-electron chi connectivity index (χ0n) is 12.0. The van der Waals surface area contributed by atoms with E-state index >= 15 is 0 Å². The summed E-state index contributed by atoms with van der Waals surface area (Å²) in [5.41, 5.74) is 8.01. The van der Waals surface area contributed by atoms with Crippen LogP contribution in [0.25, 0.3) is 0 Å². The fourth-order valence-corrected chi connectivity index (χ4v) is 2.47. The Hall–Kier alpha value is -1.72. The van der Waals surface area contributed by atoms with Gasteiger partial charge >= 0.3 is 0 Å². The second-order valence-corrected chi connectivity index (χ2v) is 5.95. The topological polar surface area (TPSA) is 68.0 Å². The van der Waals surface area contributed by atoms with Gasteiger partial charge in [0.25, 0.3) is 0 Å². The molecule has 1 aromatic heterocycles. The van der Waals surface area contributed by atoms with Crippen molar-refractivity contribution in [3.63, 3.8) is 0 Å². The molecule has 1 amide bonds. The minimum Gasteiger partial charge on any atom is -0.323 e. The van der Waals surface area contributed by atoms with E-state index in [0.717, 1.165) is 15.6 Å². The van der Waals surface area contributed by atoms with Crippen molar-refractivity contribution < 1.29 is 4.79 Å². The monoisotopic (exact) mass is 347 g/mol. The van der Waals surface area contributed by atoms with Crippen LogP contribution in [-0.2, 0) is 4.79 Å². The fourth-order valence-electron chi connectivity index (χ4n) is 2.03. The highest BCUT2D eigenvalue weighted by atomic mass is 79.9. The summed E-state index contributed by atoms with van der Waals surface area (Å²) in [6.45, 7) is 3.72. The quantitative estimate of drug-likeness (QED) is 0.890. The van der Waals surface area contributed by atoms with Crippen LogP contribution in [0.15, 0.2) is 47.1 Å². The second-order valence-electron chi connectivity index (χ2n) is 5.03. The Labute approximate surface area is 132 Å². The van der Waals surface area contributed by atoms with Crippen LogP contribution < -0.4 is 11.1 Å². The molecule has 5 heteroatoms. The number of carbonyl (C=O) groups is 1. The number of nitrogens with zero attached hydrogens (tertiary/aromatic N) is 1. The van der Waals surface area contributed by atoms with Gasteiger partial charge in [-0.3, -0.25) is 4.79 Å². The van der Waals surface area contributed by atoms with Crippen molar-refractivity contribution in [2.45, 2.75) is 19.9 Å². The van der Waals surface area contributed by atoms with E-state index in [1.54, 1.807) is 6.20 Å². The summed E-state index contributed by atoms with van der Waals surface area (Å²) >= 11 is 3.35. The molecule has 0 radical (unpaired) electrons. The van der Waals surface area contributed by atoms with E-state index in [0.29, 0.717) is 5.82 Å². The normalized spacial score (nSPS) is 13.5. The number of aryl methyl sites for hydroxylation is 1. The van der Waals surface area contributed by atoms with E-state index in [2.05, 4.69) is 26.2 Å². The maximum absolute atomic E-state index is 12.3. The summed E-state index contributed by atoms with van der Waals surface area (Å²) in [4.78, 5) is 16.5. The fraction of sp³-hybridized carbons (Fsp3) is 0.250. The van der Waals surface area contributed by atoms with E-state index in [9.17, 15) is 4.79 Å². The van der Waals surface area contributed by atoms with Crippen LogP contribution >= 0.6 is 15.9 Å². The lowest BCUT2D eigenvalue weighted by atomic mass is 9.94. The molecule has 0 aliphatic rings. The molecular formula is C16H18BrN3O. The first-order valence-corrected chi connectivity index (χ1v) is 7.52. The van der Waals surface area contributed by atoms with E-state index in [4.69, 9.17) is 5.73 Å². The molecule has 2 unspecified atom stereocenters. The molecule has 1 heterocycles. The minimum atomic E-state index is -0.350. The molecule has 1 aromatic carbocycles. The van der Waals surface area contributed by atoms with Gasteiger partial charge in [-0.2, -0.15) is 0 Å². The van der Waals surface area contributed by atoms with Crippen molar-refractivity contribution in [2.75, 3.05) is 5.32 Å². The Morgan fingerprint density at radius 3 is 2.62 bits per heavy atom. The van der Waals surface area contributed by atoms with E-state index in [1.807, 2.05) is 50.2 Å². The van der Waals surface area contributed by atoms with Crippen molar-refractivity contribution in [1.82, 2.24) is 4.98 Å². The van der Waals surface area contributed by atoms with Gasteiger partial charge in [0.1, 0.15) is 5.82 Å². The maximum Gasteiger partial charge on any atom is 0.230 e. The second kappa shape index (κ2) is 6.83. The van der Waals surface area contributed by atoms with Crippen LogP contribution in [0, 0.1) is 12.8 Å². The Kier molecular flexibility index (Phi) is 5.09. The first-order chi connectivity index (χ1) is 9.99. The van der Waals surface area contributed by atoms with E-state index in [-0.39, 0.29) is 17.9 Å². The van der Waals surface area contributed by atoms with Crippen molar-refractivity contribution in [3.8, 4) is 0 Å². The molecule has 110 valence electrons. The number of carbonyl (C=O) groups excluding carboxylic acids is 1. The Morgan fingerprint density at radius 1 is 1.33 bits per heavy atom. The van der Waals surface area contributed by atoms with Gasteiger partial charge in [0.15, 0.2) is 0 Å². The number of amides is 1. The summed E-state index contributed by atoms with van der Waals surface area (Å²) in [7, 11) is 0. The minimum absolute atomic E-state index is 0.135. The number of rotatable bonds is 4. The number of nitrogens with two attached hydrogens (primary N) is 1. The largest absolute Gasteiger partial charge is 0.323 e. The number of anilines is 1. The molecule has 0 fully saturated rings. The molecule has 0 saturated heterocycles. The van der Waals surface area contributed by atoms with Gasteiger partial charge in [-0.25, -0.2) is 4.98 Å². The summed E-state index contributed by atoms with van der Waals surface area (Å²) in [5.74, 6) is 0.0804. The number of benzene rings is 1. The molecule has 2 aromatic rings. The lowest BCUT2D eigenvalue weighted by Gasteiger charge is -2.20. The molecular weight excluding hydrogens is 330 g/mol. The van der Waals surface area contributed by atoms with Gasteiger partial charge in [0.05, 0.1) is 5.92 Å². The summed E-state index contributed by atoms with van der Waals surface area (Å²) in [6.07, 6.45) is 1.66. The highest BCUT2D eigenvalue weighted by molar-refractivity contribution is 9.10. The smallest absolute Gasteiger partial charge is 0.230 e. The SMILES string of the molecule is Cc1cc(Br)cnc1NC(=O)C(C)C(N)c1ccccc1. The molecule has 0 bridgehead atoms. The zero-order chi connectivity index (χ0) is 15.4. The number of nitrogens with one attached hydrogen (secondary N) is 1. The van der Waals surface area contributed by atoms with Gasteiger partial charge < -0.3 is 11.1 Å². The van der Waals surface area contributed by atoms with Crippen LogP contribution in [-0.4, -0.2) is 10.9 Å². The van der Waals surface area contributed by atoms with Gasteiger partial charge in [-0.15, -0.1) is 0 Å². The predicted molar refractivity (Wildman–Crippen MR) is 87.8 cm³/mol. The standard InChI is InChI=1S/C16H18BrN3O/c1-10-8-13(17)9-19-15(10)20-16(21)11(2)14(18)12-6-4-3-5-7-12/h3-9,11,14H,18H2,1-2H3,(H,19,20,21). The van der Waals surface area contributed by atoms with Crippen molar-refractivity contribution in [2.24, 2.45) is 11.7 Å². The van der Waals surface area contributed by atoms with Gasteiger partial charge in [0.2, 0.25) is 5.91 Å². The number of pyridine rings is 1. The van der Waals surface area contributed by atoms with Crippen LogP contribution in [0.2, 0.25) is 0 Å². The molecule has 2 atom stereocenters. The molecule has 3 N–H and O–H groups in total. The molecule has 0 saturated carbocycles. The Balaban J connectivity index is 2.09. The highest BCUT2D eigenvalue weighted by Gasteiger charge is 2.22. The number of halogens is 1. The average Bonchev–Trinajstić information content (AvgIpc) is 2.49. The zero-order valence-corrected chi connectivity index (χ0v) is 13.6. The van der Waals surface area contributed by atoms with Crippen LogP contribution in [0.4, 0.5) is 5.82 Å². The summed E-state index contributed by atoms with van der Waals surface area (Å²) in [5, 5.41) is 2.84. The molecule has 21 heavy (non-hydrogen) atoms. The third-order valence-corrected chi connectivity index (χ3v) is 3.86. The van der Waals surface area contributed by atoms with Crippen LogP contribution in [0.1, 0.15) is 24.1 Å². The predicted octanol–water partition coefficient (Wildman–Crippen LogP) is 3.43. The lowest BCUT2D eigenvalue weighted by Crippen LogP contribution is -2.31. The third-order valence-electron chi connectivity index (χ3n) is 3.42. The number of hydrogen-bond donors (Lipinski definition) is 2. The summed E-state index contributed by atoms with van der Waals surface area (Å²) in [6, 6.07) is 11.2. The number of aromatic nitrogens is 1. The first kappa shape index (κ1) is 15.7. The maximum atomic E-state index is 12.3. The van der Waals surface area contributed by atoms with Crippen molar-refractivity contribution >= 4 is 27.7 Å². The molecule has 0 spiro atoms. The summed E-state index contributed by atoms with van der Waals surface area (Å²) < 4.78 is 0.882. The van der Waals surface area contributed by atoms with Crippen LogP contribution in [0.5, 0.6) is 0 Å². The first-order valence-electron chi connectivity index (χ1n) is 6.72. The van der Waals surface area contributed by atoms with E-state index < -0.39 is 0 Å². The van der Waals surface area contributed by atoms with Crippen molar-refractivity contribution in [1.29, 1.82) is 0 Å². The molecule has 2 rings (SSSR count). The van der Waals surface area contributed by atoms with Crippen LogP contribution in [0.3, 0.4) is 0 Å². The van der Waals surface area contributed by atoms with Gasteiger partial charge in [-0.1, -0.05) is 37.3 Å². The average molecular weight is 348 g/mol. The molecule has 0 aliphatic carbocycles. The van der Waals surface area contributed by atoms with Gasteiger partial charge in [-0.05, 0) is 40.0 Å².